The van der Waals surface area contributed by atoms with Crippen LogP contribution in [0.4, 0.5) is 8.78 Å². The number of halogens is 2. The van der Waals surface area contributed by atoms with Gasteiger partial charge in [0, 0.05) is 12.0 Å². The molecule has 0 saturated heterocycles. The van der Waals surface area contributed by atoms with Gasteiger partial charge in [0.15, 0.2) is 11.6 Å². The third kappa shape index (κ3) is 3.01. The van der Waals surface area contributed by atoms with Gasteiger partial charge in [0.2, 0.25) is 0 Å². The van der Waals surface area contributed by atoms with Crippen LogP contribution in [-0.2, 0) is 5.41 Å². The molecule has 86 valence electrons. The summed E-state index contributed by atoms with van der Waals surface area (Å²) < 4.78 is 25.8. The number of nitrogens with one attached hydrogen (secondary N) is 1. The second kappa shape index (κ2) is 5.04. The maximum Gasteiger partial charge on any atom is 0.159 e. The fourth-order valence-corrected chi connectivity index (χ4v) is 1.45. The maximum atomic E-state index is 13.1. The minimum atomic E-state index is -0.843. The molecule has 1 aromatic rings. The van der Waals surface area contributed by atoms with Gasteiger partial charge in [0.1, 0.15) is 0 Å². The Kier molecular flexibility index (Phi) is 3.97. The van der Waals surface area contributed by atoms with Crippen LogP contribution in [0.1, 0.15) is 19.4 Å². The predicted octanol–water partition coefficient (Wildman–Crippen LogP) is 2.36. The van der Waals surface area contributed by atoms with E-state index in [9.17, 15) is 8.78 Å². The Labute approximate surface area is 93.9 Å². The highest BCUT2D eigenvalue weighted by Gasteiger charge is 2.21. The summed E-state index contributed by atoms with van der Waals surface area (Å²) in [4.78, 5) is 0. The monoisotopic (exact) mass is 224 g/mol. The van der Waals surface area contributed by atoms with Gasteiger partial charge in [-0.2, -0.15) is 5.26 Å². The van der Waals surface area contributed by atoms with Gasteiger partial charge in [-0.05, 0) is 17.7 Å². The van der Waals surface area contributed by atoms with E-state index >= 15 is 0 Å². The Morgan fingerprint density at radius 3 is 2.56 bits per heavy atom. The summed E-state index contributed by atoms with van der Waals surface area (Å²) in [7, 11) is 0. The summed E-state index contributed by atoms with van der Waals surface area (Å²) in [6.45, 7) is 4.59. The minimum Gasteiger partial charge on any atom is -0.304 e. The van der Waals surface area contributed by atoms with Crippen LogP contribution in [0, 0.1) is 23.0 Å². The lowest BCUT2D eigenvalue weighted by Crippen LogP contribution is -2.33. The largest absolute Gasteiger partial charge is 0.304 e. The Balaban J connectivity index is 2.81. The van der Waals surface area contributed by atoms with Gasteiger partial charge in [-0.25, -0.2) is 8.78 Å². The van der Waals surface area contributed by atoms with Crippen LogP contribution in [0.3, 0.4) is 0 Å². The van der Waals surface area contributed by atoms with Crippen LogP contribution in [0.2, 0.25) is 0 Å². The first-order chi connectivity index (χ1) is 7.47. The van der Waals surface area contributed by atoms with Gasteiger partial charge in [-0.15, -0.1) is 0 Å². The Morgan fingerprint density at radius 1 is 1.31 bits per heavy atom. The van der Waals surface area contributed by atoms with E-state index in [1.807, 2.05) is 19.9 Å². The standard InChI is InChI=1S/C12H14F2N2/c1-12(2,8-16-6-5-15)9-3-4-10(13)11(14)7-9/h3-4,7,16H,6,8H2,1-2H3. The van der Waals surface area contributed by atoms with Crippen molar-refractivity contribution < 1.29 is 8.78 Å². The fourth-order valence-electron chi connectivity index (χ4n) is 1.45. The Morgan fingerprint density at radius 2 is 2.00 bits per heavy atom. The van der Waals surface area contributed by atoms with Crippen LogP contribution < -0.4 is 5.32 Å². The highest BCUT2D eigenvalue weighted by Crippen LogP contribution is 2.23. The molecule has 0 aliphatic heterocycles. The second-order valence-electron chi connectivity index (χ2n) is 4.27. The molecule has 0 aliphatic carbocycles. The van der Waals surface area contributed by atoms with E-state index in [1.54, 1.807) is 6.07 Å². The molecule has 0 unspecified atom stereocenters. The zero-order chi connectivity index (χ0) is 12.2. The van der Waals surface area contributed by atoms with Crippen LogP contribution in [-0.4, -0.2) is 13.1 Å². The normalized spacial score (nSPS) is 11.2. The molecule has 2 nitrogen and oxygen atoms in total. The molecular formula is C12H14F2N2. The number of hydrogen-bond acceptors (Lipinski definition) is 2. The number of hydrogen-bond donors (Lipinski definition) is 1. The van der Waals surface area contributed by atoms with Gasteiger partial charge in [-0.1, -0.05) is 19.9 Å². The van der Waals surface area contributed by atoms with Gasteiger partial charge >= 0.3 is 0 Å². The first-order valence-corrected chi connectivity index (χ1v) is 5.00. The highest BCUT2D eigenvalue weighted by atomic mass is 19.2. The van der Waals surface area contributed by atoms with Crippen LogP contribution in [0.15, 0.2) is 18.2 Å². The molecule has 0 heterocycles. The van der Waals surface area contributed by atoms with Crippen molar-refractivity contribution in [2.45, 2.75) is 19.3 Å². The predicted molar refractivity (Wildman–Crippen MR) is 57.9 cm³/mol. The zero-order valence-electron chi connectivity index (χ0n) is 9.35. The molecule has 0 radical (unpaired) electrons. The molecular weight excluding hydrogens is 210 g/mol. The van der Waals surface area contributed by atoms with E-state index in [1.165, 1.54) is 6.07 Å². The van der Waals surface area contributed by atoms with Gasteiger partial charge < -0.3 is 5.32 Å². The molecule has 1 aromatic carbocycles. The molecule has 0 atom stereocenters. The summed E-state index contributed by atoms with van der Waals surface area (Å²) in [6.07, 6.45) is 0. The molecule has 0 amide bonds. The van der Waals surface area contributed by atoms with Crippen LogP contribution in [0.5, 0.6) is 0 Å². The number of nitrogens with zero attached hydrogens (tertiary/aromatic N) is 1. The highest BCUT2D eigenvalue weighted by molar-refractivity contribution is 5.25. The van der Waals surface area contributed by atoms with Crippen LogP contribution >= 0.6 is 0 Å². The molecule has 0 fully saturated rings. The molecule has 0 spiro atoms. The van der Waals surface area contributed by atoms with Crippen molar-refractivity contribution in [3.05, 3.63) is 35.4 Å². The third-order valence-electron chi connectivity index (χ3n) is 2.47. The summed E-state index contributed by atoms with van der Waals surface area (Å²) in [5.41, 5.74) is 0.364. The van der Waals surface area contributed by atoms with E-state index in [0.717, 1.165) is 6.07 Å². The minimum absolute atomic E-state index is 0.243. The van der Waals surface area contributed by atoms with Crippen molar-refractivity contribution in [1.82, 2.24) is 5.32 Å². The summed E-state index contributed by atoms with van der Waals surface area (Å²) in [6, 6.07) is 5.85. The Bertz CT molecular complexity index is 408. The molecule has 4 heteroatoms. The smallest absolute Gasteiger partial charge is 0.159 e. The summed E-state index contributed by atoms with van der Waals surface area (Å²) in [5.74, 6) is -1.68. The number of nitriles is 1. The molecule has 0 aromatic heterocycles. The van der Waals surface area contributed by atoms with Gasteiger partial charge in [0.25, 0.3) is 0 Å². The molecule has 1 N–H and O–H groups in total. The van der Waals surface area contributed by atoms with E-state index in [-0.39, 0.29) is 12.0 Å². The van der Waals surface area contributed by atoms with Crippen molar-refractivity contribution in [2.75, 3.05) is 13.1 Å². The summed E-state index contributed by atoms with van der Waals surface area (Å²) in [5, 5.41) is 11.3. The topological polar surface area (TPSA) is 35.8 Å². The maximum absolute atomic E-state index is 13.1. The molecule has 16 heavy (non-hydrogen) atoms. The van der Waals surface area contributed by atoms with Crippen molar-refractivity contribution in [3.63, 3.8) is 0 Å². The van der Waals surface area contributed by atoms with Crippen molar-refractivity contribution in [1.29, 1.82) is 5.26 Å². The first kappa shape index (κ1) is 12.6. The number of rotatable bonds is 4. The third-order valence-corrected chi connectivity index (χ3v) is 2.47. The summed E-state index contributed by atoms with van der Waals surface area (Å²) >= 11 is 0. The van der Waals surface area contributed by atoms with Crippen LogP contribution in [0.25, 0.3) is 0 Å². The van der Waals surface area contributed by atoms with E-state index in [4.69, 9.17) is 5.26 Å². The fraction of sp³-hybridized carbons (Fsp3) is 0.417. The van der Waals surface area contributed by atoms with E-state index < -0.39 is 11.6 Å². The SMILES string of the molecule is CC(C)(CNCC#N)c1ccc(F)c(F)c1. The zero-order valence-corrected chi connectivity index (χ0v) is 9.35. The van der Waals surface area contributed by atoms with E-state index in [0.29, 0.717) is 12.1 Å². The molecule has 0 saturated carbocycles. The second-order valence-corrected chi connectivity index (χ2v) is 4.27. The molecule has 1 rings (SSSR count). The van der Waals surface area contributed by atoms with Crippen molar-refractivity contribution in [3.8, 4) is 6.07 Å². The quantitative estimate of drug-likeness (QED) is 0.629. The molecule has 0 bridgehead atoms. The van der Waals surface area contributed by atoms with E-state index in [2.05, 4.69) is 5.32 Å². The lowest BCUT2D eigenvalue weighted by molar-refractivity contribution is 0.468. The van der Waals surface area contributed by atoms with Gasteiger partial charge in [-0.3, -0.25) is 0 Å². The lowest BCUT2D eigenvalue weighted by atomic mass is 9.84. The Hall–Kier alpha value is -1.47. The average molecular weight is 224 g/mol. The first-order valence-electron chi connectivity index (χ1n) is 5.00. The molecule has 0 aliphatic rings. The van der Waals surface area contributed by atoms with Crippen molar-refractivity contribution >= 4 is 0 Å². The van der Waals surface area contributed by atoms with Gasteiger partial charge in [0.05, 0.1) is 12.6 Å². The van der Waals surface area contributed by atoms with Crippen molar-refractivity contribution in [2.24, 2.45) is 0 Å². The average Bonchev–Trinajstić information content (AvgIpc) is 2.22. The number of benzene rings is 1. The lowest BCUT2D eigenvalue weighted by Gasteiger charge is -2.25.